The third-order valence-electron chi connectivity index (χ3n) is 5.79. The number of allylic oxidation sites excluding steroid dienone is 6. The lowest BCUT2D eigenvalue weighted by atomic mass is 9.55. The van der Waals surface area contributed by atoms with Crippen molar-refractivity contribution in [2.45, 2.75) is 20.3 Å². The molecule has 1 aromatic rings. The molecule has 0 spiro atoms. The molecule has 0 unspecified atom stereocenters. The number of carbonyl (C=O) groups excluding carboxylic acids is 2. The minimum atomic E-state index is -0.828. The van der Waals surface area contributed by atoms with E-state index in [0.717, 1.165) is 11.1 Å². The monoisotopic (exact) mass is 364 g/mol. The minimum absolute atomic E-state index is 0.0116. The normalized spacial score (nSPS) is 27.8. The SMILES string of the molecule is C=CC1=CC[C@H]2C(=O)C=C(C)C(=O)[C@@]2(C)[C@H]1C=Cc1ccc(O)c(OC)c1. The van der Waals surface area contributed by atoms with Gasteiger partial charge in [-0.2, -0.15) is 0 Å². The molecule has 0 bridgehead atoms. The van der Waals surface area contributed by atoms with Gasteiger partial charge in [0.05, 0.1) is 12.5 Å². The summed E-state index contributed by atoms with van der Waals surface area (Å²) >= 11 is 0. The van der Waals surface area contributed by atoms with Crippen LogP contribution in [-0.2, 0) is 9.59 Å². The van der Waals surface area contributed by atoms with E-state index in [-0.39, 0.29) is 29.2 Å². The summed E-state index contributed by atoms with van der Waals surface area (Å²) in [6.07, 6.45) is 9.64. The van der Waals surface area contributed by atoms with Crippen molar-refractivity contribution in [2.24, 2.45) is 17.3 Å². The molecule has 4 nitrogen and oxygen atoms in total. The zero-order valence-corrected chi connectivity index (χ0v) is 15.9. The van der Waals surface area contributed by atoms with E-state index in [1.165, 1.54) is 13.2 Å². The van der Waals surface area contributed by atoms with E-state index in [0.29, 0.717) is 17.7 Å². The van der Waals surface area contributed by atoms with Crippen LogP contribution < -0.4 is 4.74 Å². The fraction of sp³-hybridized carbons (Fsp3) is 0.304. The van der Waals surface area contributed by atoms with Crippen LogP contribution in [0.25, 0.3) is 6.08 Å². The lowest BCUT2D eigenvalue weighted by molar-refractivity contribution is -0.138. The number of hydrogen-bond donors (Lipinski definition) is 1. The van der Waals surface area contributed by atoms with Crippen LogP contribution in [0.15, 0.2) is 60.2 Å². The standard InChI is InChI=1S/C23H24O4/c1-5-16-8-10-18-20(25)12-14(2)22(26)23(18,3)17(16)9-6-15-7-11-19(24)21(13-15)27-4/h5-9,11-13,17-18,24H,1,10H2,2-4H3/t17-,18-,23-/m0/s1. The van der Waals surface area contributed by atoms with Crippen molar-refractivity contribution < 1.29 is 19.4 Å². The molecule has 1 N–H and O–H groups in total. The van der Waals surface area contributed by atoms with Crippen LogP contribution >= 0.6 is 0 Å². The van der Waals surface area contributed by atoms with Crippen molar-refractivity contribution in [3.05, 3.63) is 65.8 Å². The van der Waals surface area contributed by atoms with Crippen LogP contribution in [0.1, 0.15) is 25.8 Å². The Morgan fingerprint density at radius 3 is 2.74 bits per heavy atom. The first kappa shape index (κ1) is 18.9. The fourth-order valence-electron chi connectivity index (χ4n) is 4.23. The molecule has 1 aromatic carbocycles. The van der Waals surface area contributed by atoms with Crippen molar-refractivity contribution in [2.75, 3.05) is 7.11 Å². The molecule has 3 atom stereocenters. The minimum Gasteiger partial charge on any atom is -0.504 e. The third kappa shape index (κ3) is 3.05. The van der Waals surface area contributed by atoms with Crippen LogP contribution in [0.4, 0.5) is 0 Å². The van der Waals surface area contributed by atoms with E-state index >= 15 is 0 Å². The summed E-state index contributed by atoms with van der Waals surface area (Å²) in [5, 5.41) is 9.76. The molecule has 0 radical (unpaired) electrons. The first-order chi connectivity index (χ1) is 12.8. The summed E-state index contributed by atoms with van der Waals surface area (Å²) in [5.74, 6) is -0.141. The van der Waals surface area contributed by atoms with Gasteiger partial charge in [-0.1, -0.05) is 43.9 Å². The van der Waals surface area contributed by atoms with E-state index in [2.05, 4.69) is 6.58 Å². The number of benzene rings is 1. The van der Waals surface area contributed by atoms with Crippen LogP contribution in [0.2, 0.25) is 0 Å². The predicted molar refractivity (Wildman–Crippen MR) is 105 cm³/mol. The summed E-state index contributed by atoms with van der Waals surface area (Å²) < 4.78 is 5.15. The van der Waals surface area contributed by atoms with Crippen LogP contribution in [0, 0.1) is 17.3 Å². The molecule has 0 aromatic heterocycles. The first-order valence-corrected chi connectivity index (χ1v) is 8.97. The van der Waals surface area contributed by atoms with Crippen molar-refractivity contribution >= 4 is 17.6 Å². The highest BCUT2D eigenvalue weighted by atomic mass is 16.5. The lowest BCUT2D eigenvalue weighted by Crippen LogP contribution is -2.50. The second-order valence-corrected chi connectivity index (χ2v) is 7.31. The fourth-order valence-corrected chi connectivity index (χ4v) is 4.23. The largest absolute Gasteiger partial charge is 0.504 e. The lowest BCUT2D eigenvalue weighted by Gasteiger charge is -2.46. The van der Waals surface area contributed by atoms with E-state index in [1.807, 2.05) is 25.2 Å². The Kier molecular flexibility index (Phi) is 4.92. The summed E-state index contributed by atoms with van der Waals surface area (Å²) in [7, 11) is 1.50. The van der Waals surface area contributed by atoms with Crippen molar-refractivity contribution in [1.29, 1.82) is 0 Å². The molecular weight excluding hydrogens is 340 g/mol. The zero-order valence-electron chi connectivity index (χ0n) is 15.9. The molecule has 0 amide bonds. The number of aromatic hydroxyl groups is 1. The Bertz CT molecular complexity index is 903. The first-order valence-electron chi connectivity index (χ1n) is 8.97. The van der Waals surface area contributed by atoms with Crippen molar-refractivity contribution in [3.63, 3.8) is 0 Å². The topological polar surface area (TPSA) is 63.6 Å². The maximum atomic E-state index is 13.1. The van der Waals surface area contributed by atoms with Gasteiger partial charge in [0.1, 0.15) is 0 Å². The molecule has 4 heteroatoms. The molecular formula is C23H24O4. The summed E-state index contributed by atoms with van der Waals surface area (Å²) in [5.41, 5.74) is 1.46. The molecule has 0 heterocycles. The Balaban J connectivity index is 2.05. The molecule has 0 saturated carbocycles. The number of phenolic OH excluding ortho intramolecular Hbond substituents is 1. The highest BCUT2D eigenvalue weighted by Crippen LogP contribution is 2.51. The van der Waals surface area contributed by atoms with Crippen LogP contribution in [0.5, 0.6) is 11.5 Å². The van der Waals surface area contributed by atoms with E-state index in [1.54, 1.807) is 31.2 Å². The molecule has 0 aliphatic heterocycles. The maximum Gasteiger partial charge on any atom is 0.166 e. The van der Waals surface area contributed by atoms with Crippen molar-refractivity contribution in [1.82, 2.24) is 0 Å². The zero-order chi connectivity index (χ0) is 19.8. The molecule has 0 fully saturated rings. The number of methoxy groups -OCH3 is 1. The molecule has 3 rings (SSSR count). The second kappa shape index (κ2) is 7.03. The quantitative estimate of drug-likeness (QED) is 0.867. The molecule has 27 heavy (non-hydrogen) atoms. The van der Waals surface area contributed by atoms with Gasteiger partial charge in [0.25, 0.3) is 0 Å². The van der Waals surface area contributed by atoms with Gasteiger partial charge in [0, 0.05) is 11.8 Å². The second-order valence-electron chi connectivity index (χ2n) is 7.31. The maximum absolute atomic E-state index is 13.1. The summed E-state index contributed by atoms with van der Waals surface area (Å²) in [6.45, 7) is 7.49. The summed E-state index contributed by atoms with van der Waals surface area (Å²) in [6, 6.07) is 5.06. The van der Waals surface area contributed by atoms with Gasteiger partial charge in [0.15, 0.2) is 23.1 Å². The number of fused-ring (bicyclic) bond motifs is 1. The summed E-state index contributed by atoms with van der Waals surface area (Å²) in [4.78, 5) is 25.7. The molecule has 140 valence electrons. The Morgan fingerprint density at radius 1 is 1.33 bits per heavy atom. The van der Waals surface area contributed by atoms with Gasteiger partial charge in [-0.3, -0.25) is 9.59 Å². The molecule has 2 aliphatic rings. The van der Waals surface area contributed by atoms with Gasteiger partial charge in [-0.25, -0.2) is 0 Å². The van der Waals surface area contributed by atoms with Crippen LogP contribution in [-0.4, -0.2) is 23.8 Å². The predicted octanol–water partition coefficient (Wildman–Crippen LogP) is 4.27. The number of ether oxygens (including phenoxy) is 1. The van der Waals surface area contributed by atoms with E-state index in [4.69, 9.17) is 4.74 Å². The van der Waals surface area contributed by atoms with E-state index < -0.39 is 5.41 Å². The third-order valence-corrected chi connectivity index (χ3v) is 5.79. The van der Waals surface area contributed by atoms with Gasteiger partial charge in [-0.05, 0) is 48.3 Å². The Morgan fingerprint density at radius 2 is 2.07 bits per heavy atom. The number of phenols is 1. The number of ketones is 2. The number of hydrogen-bond acceptors (Lipinski definition) is 4. The molecule has 2 aliphatic carbocycles. The average Bonchev–Trinajstić information content (AvgIpc) is 2.65. The van der Waals surface area contributed by atoms with Crippen LogP contribution in [0.3, 0.4) is 0 Å². The highest BCUT2D eigenvalue weighted by molar-refractivity contribution is 6.13. The van der Waals surface area contributed by atoms with Crippen molar-refractivity contribution in [3.8, 4) is 11.5 Å². The van der Waals surface area contributed by atoms with Gasteiger partial charge < -0.3 is 9.84 Å². The van der Waals surface area contributed by atoms with E-state index in [9.17, 15) is 14.7 Å². The number of Topliss-reactive ketones (excluding diaryl/α,β-unsaturated/α-hetero) is 1. The number of rotatable bonds is 4. The Labute approximate surface area is 159 Å². The van der Waals surface area contributed by atoms with Gasteiger partial charge in [0.2, 0.25) is 0 Å². The van der Waals surface area contributed by atoms with Gasteiger partial charge >= 0.3 is 0 Å². The molecule has 0 saturated heterocycles. The van der Waals surface area contributed by atoms with Gasteiger partial charge in [-0.15, -0.1) is 0 Å². The smallest absolute Gasteiger partial charge is 0.166 e. The number of carbonyl (C=O) groups is 2. The highest BCUT2D eigenvalue weighted by Gasteiger charge is 2.53. The average molecular weight is 364 g/mol. The Hall–Kier alpha value is -2.88.